The van der Waals surface area contributed by atoms with Crippen LogP contribution >= 0.6 is 11.8 Å². The molecule has 0 unspecified atom stereocenters. The maximum absolute atomic E-state index is 13.5. The molecule has 1 atom stereocenters. The fourth-order valence-corrected chi connectivity index (χ4v) is 4.70. The van der Waals surface area contributed by atoms with Crippen molar-refractivity contribution in [3.05, 3.63) is 100 Å². The third kappa shape index (κ3) is 4.11. The molecule has 0 radical (unpaired) electrons. The van der Waals surface area contributed by atoms with Crippen molar-refractivity contribution in [1.29, 1.82) is 0 Å². The van der Waals surface area contributed by atoms with Crippen molar-refractivity contribution in [2.75, 3.05) is 14.1 Å². The van der Waals surface area contributed by atoms with Crippen LogP contribution in [0, 0.1) is 6.92 Å². The van der Waals surface area contributed by atoms with Gasteiger partial charge in [0.1, 0.15) is 5.25 Å². The largest absolute Gasteiger partial charge is 0.348 e. The zero-order chi connectivity index (χ0) is 22.0. The number of fused-ring (bicyclic) bond motifs is 1. The van der Waals surface area contributed by atoms with E-state index in [0.29, 0.717) is 16.1 Å². The molecule has 6 heteroatoms. The van der Waals surface area contributed by atoms with Crippen LogP contribution < -0.4 is 5.56 Å². The molecule has 4 aromatic rings. The molecule has 0 spiro atoms. The number of rotatable bonds is 5. The summed E-state index contributed by atoms with van der Waals surface area (Å²) in [5.74, 6) is -0.0602. The van der Waals surface area contributed by atoms with E-state index in [-0.39, 0.29) is 11.5 Å². The van der Waals surface area contributed by atoms with E-state index in [2.05, 4.69) is 0 Å². The highest BCUT2D eigenvalue weighted by Crippen LogP contribution is 2.36. The molecule has 0 N–H and O–H groups in total. The van der Waals surface area contributed by atoms with E-state index in [1.807, 2.05) is 79.7 Å². The molecular weight excluding hydrogens is 406 g/mol. The summed E-state index contributed by atoms with van der Waals surface area (Å²) in [5, 5.41) is 0.506. The normalized spacial score (nSPS) is 12.0. The number of hydrogen-bond acceptors (Lipinski definition) is 4. The van der Waals surface area contributed by atoms with E-state index < -0.39 is 5.25 Å². The van der Waals surface area contributed by atoms with Gasteiger partial charge in [0.15, 0.2) is 5.16 Å². The Morgan fingerprint density at radius 2 is 1.58 bits per heavy atom. The zero-order valence-electron chi connectivity index (χ0n) is 17.6. The second-order valence-corrected chi connectivity index (χ2v) is 8.55. The predicted octanol–water partition coefficient (Wildman–Crippen LogP) is 4.62. The summed E-state index contributed by atoms with van der Waals surface area (Å²) in [6.45, 7) is 1.96. The van der Waals surface area contributed by atoms with E-state index in [9.17, 15) is 9.59 Å². The number of aryl methyl sites for hydroxylation is 1. The van der Waals surface area contributed by atoms with Crippen molar-refractivity contribution in [2.45, 2.75) is 17.3 Å². The second kappa shape index (κ2) is 8.78. The van der Waals surface area contributed by atoms with Crippen molar-refractivity contribution < 1.29 is 4.79 Å². The van der Waals surface area contributed by atoms with Crippen molar-refractivity contribution in [1.82, 2.24) is 14.5 Å². The van der Waals surface area contributed by atoms with E-state index >= 15 is 0 Å². The van der Waals surface area contributed by atoms with Crippen molar-refractivity contribution in [3.63, 3.8) is 0 Å². The van der Waals surface area contributed by atoms with Gasteiger partial charge in [-0.3, -0.25) is 14.2 Å². The first-order valence-corrected chi connectivity index (χ1v) is 10.9. The van der Waals surface area contributed by atoms with Crippen LogP contribution in [0.15, 0.2) is 88.8 Å². The smallest absolute Gasteiger partial charge is 0.266 e. The van der Waals surface area contributed by atoms with Crippen LogP contribution in [-0.4, -0.2) is 34.5 Å². The fraction of sp³-hybridized carbons (Fsp3) is 0.160. The van der Waals surface area contributed by atoms with E-state index in [4.69, 9.17) is 4.98 Å². The lowest BCUT2D eigenvalue weighted by Gasteiger charge is -2.22. The quantitative estimate of drug-likeness (QED) is 0.343. The Morgan fingerprint density at radius 3 is 2.29 bits per heavy atom. The summed E-state index contributed by atoms with van der Waals surface area (Å²) in [4.78, 5) is 33.0. The summed E-state index contributed by atoms with van der Waals surface area (Å²) in [5.41, 5.74) is 3.05. The Morgan fingerprint density at radius 1 is 0.935 bits per heavy atom. The van der Waals surface area contributed by atoms with Gasteiger partial charge in [-0.15, -0.1) is 0 Å². The Balaban J connectivity index is 1.95. The molecule has 1 aromatic heterocycles. The van der Waals surface area contributed by atoms with Gasteiger partial charge in [0.05, 0.1) is 16.6 Å². The van der Waals surface area contributed by atoms with Gasteiger partial charge < -0.3 is 4.90 Å². The molecule has 0 fully saturated rings. The summed E-state index contributed by atoms with van der Waals surface area (Å²) in [6, 6.07) is 24.6. The molecule has 1 heterocycles. The van der Waals surface area contributed by atoms with Gasteiger partial charge in [0.25, 0.3) is 5.56 Å². The minimum absolute atomic E-state index is 0.0602. The van der Waals surface area contributed by atoms with Gasteiger partial charge in [-0.2, -0.15) is 0 Å². The second-order valence-electron chi connectivity index (χ2n) is 7.48. The molecule has 0 aliphatic heterocycles. The van der Waals surface area contributed by atoms with Crippen LogP contribution in [0.5, 0.6) is 0 Å². The lowest BCUT2D eigenvalue weighted by Crippen LogP contribution is -2.28. The molecule has 31 heavy (non-hydrogen) atoms. The van der Waals surface area contributed by atoms with E-state index in [0.717, 1.165) is 16.8 Å². The highest BCUT2D eigenvalue weighted by Gasteiger charge is 2.27. The number of carbonyl (C=O) groups is 1. The number of carbonyl (C=O) groups excluding carboxylic acids is 1. The Hall–Kier alpha value is -3.38. The molecule has 0 aliphatic carbocycles. The molecule has 0 bridgehead atoms. The number of nitrogens with zero attached hydrogens (tertiary/aromatic N) is 3. The summed E-state index contributed by atoms with van der Waals surface area (Å²) in [6.07, 6.45) is 0. The van der Waals surface area contributed by atoms with Crippen LogP contribution in [0.2, 0.25) is 0 Å². The Bertz CT molecular complexity index is 1300. The minimum atomic E-state index is -0.528. The summed E-state index contributed by atoms with van der Waals surface area (Å²) < 4.78 is 1.63. The monoisotopic (exact) mass is 429 g/mol. The lowest BCUT2D eigenvalue weighted by atomic mass is 10.1. The minimum Gasteiger partial charge on any atom is -0.348 e. The summed E-state index contributed by atoms with van der Waals surface area (Å²) in [7, 11) is 3.47. The maximum Gasteiger partial charge on any atom is 0.266 e. The third-order valence-electron chi connectivity index (χ3n) is 5.09. The van der Waals surface area contributed by atoms with E-state index in [1.54, 1.807) is 29.6 Å². The molecule has 0 saturated heterocycles. The number of likely N-dealkylation sites (N-methyl/N-ethyl adjacent to an activating group) is 1. The van der Waals surface area contributed by atoms with Crippen LogP contribution in [0.4, 0.5) is 0 Å². The molecule has 0 aliphatic rings. The SMILES string of the molecule is Cc1ccccc1-n1c(S[C@@H](C(=O)N(C)C)c2ccccc2)nc2ccccc2c1=O. The van der Waals surface area contributed by atoms with Gasteiger partial charge in [-0.1, -0.05) is 72.4 Å². The number of hydrogen-bond donors (Lipinski definition) is 0. The number of aromatic nitrogens is 2. The van der Waals surface area contributed by atoms with Gasteiger partial charge in [-0.25, -0.2) is 4.98 Å². The maximum atomic E-state index is 13.5. The first kappa shape index (κ1) is 20.9. The van der Waals surface area contributed by atoms with Gasteiger partial charge in [-0.05, 0) is 36.2 Å². The van der Waals surface area contributed by atoms with Crippen LogP contribution in [0.1, 0.15) is 16.4 Å². The fourth-order valence-electron chi connectivity index (χ4n) is 3.45. The van der Waals surface area contributed by atoms with Crippen molar-refractivity contribution in [3.8, 4) is 5.69 Å². The number of thioether (sulfide) groups is 1. The highest BCUT2D eigenvalue weighted by atomic mass is 32.2. The van der Waals surface area contributed by atoms with Gasteiger partial charge in [0.2, 0.25) is 5.91 Å². The molecule has 5 nitrogen and oxygen atoms in total. The molecule has 4 rings (SSSR count). The number of para-hydroxylation sites is 2. The lowest BCUT2D eigenvalue weighted by molar-refractivity contribution is -0.128. The number of benzene rings is 3. The summed E-state index contributed by atoms with van der Waals surface area (Å²) >= 11 is 1.30. The highest BCUT2D eigenvalue weighted by molar-refractivity contribution is 8.00. The van der Waals surface area contributed by atoms with Crippen molar-refractivity contribution in [2.24, 2.45) is 0 Å². The molecule has 3 aromatic carbocycles. The zero-order valence-corrected chi connectivity index (χ0v) is 18.5. The van der Waals surface area contributed by atoms with Crippen LogP contribution in [0.3, 0.4) is 0 Å². The molecule has 1 amide bonds. The number of amides is 1. The molecule has 0 saturated carbocycles. The van der Waals surface area contributed by atoms with Crippen LogP contribution in [-0.2, 0) is 4.79 Å². The standard InChI is InChI=1S/C25H23N3O2S/c1-17-11-7-10-16-21(17)28-23(29)19-14-8-9-15-20(19)26-25(28)31-22(24(30)27(2)3)18-12-5-4-6-13-18/h4-16,22H,1-3H3/t22-/m1/s1. The predicted molar refractivity (Wildman–Crippen MR) is 126 cm³/mol. The third-order valence-corrected chi connectivity index (χ3v) is 6.29. The average Bonchev–Trinajstić information content (AvgIpc) is 2.78. The van der Waals surface area contributed by atoms with Gasteiger partial charge in [0, 0.05) is 14.1 Å². The Labute approximate surface area is 185 Å². The van der Waals surface area contributed by atoms with Gasteiger partial charge >= 0.3 is 0 Å². The Kier molecular flexibility index (Phi) is 5.91. The van der Waals surface area contributed by atoms with Crippen LogP contribution in [0.25, 0.3) is 16.6 Å². The average molecular weight is 430 g/mol. The van der Waals surface area contributed by atoms with E-state index in [1.165, 1.54) is 11.8 Å². The van der Waals surface area contributed by atoms with Crippen molar-refractivity contribution >= 4 is 28.6 Å². The first-order valence-electron chi connectivity index (χ1n) is 9.98. The molecule has 156 valence electrons. The molecular formula is C25H23N3O2S. The first-order chi connectivity index (χ1) is 15.0. The topological polar surface area (TPSA) is 55.2 Å².